The number of nitrogens with zero attached hydrogens (tertiary/aromatic N) is 2. The summed E-state index contributed by atoms with van der Waals surface area (Å²) in [5.74, 6) is 1.86. The van der Waals surface area contributed by atoms with Crippen LogP contribution in [0.2, 0.25) is 0 Å². The lowest BCUT2D eigenvalue weighted by molar-refractivity contribution is 0.311. The van der Waals surface area contributed by atoms with Gasteiger partial charge in [0.25, 0.3) is 0 Å². The first-order valence-corrected chi connectivity index (χ1v) is 7.63. The lowest BCUT2D eigenvalue weighted by Crippen LogP contribution is -1.95. The van der Waals surface area contributed by atoms with Crippen molar-refractivity contribution in [3.8, 4) is 17.6 Å². The van der Waals surface area contributed by atoms with E-state index in [1.165, 1.54) is 0 Å². The SMILES string of the molecule is CCOc1cc(C=C(C#N)c2nc3ccccc3[nH]2)ccc1OC. The number of ether oxygens (including phenoxy) is 2. The molecule has 5 heteroatoms. The number of rotatable bonds is 5. The number of aromatic nitrogens is 2. The van der Waals surface area contributed by atoms with Gasteiger partial charge in [-0.3, -0.25) is 0 Å². The number of allylic oxidation sites excluding steroid dienone is 1. The third-order valence-corrected chi connectivity index (χ3v) is 3.56. The van der Waals surface area contributed by atoms with Gasteiger partial charge < -0.3 is 14.5 Å². The highest BCUT2D eigenvalue weighted by atomic mass is 16.5. The summed E-state index contributed by atoms with van der Waals surface area (Å²) in [6, 6.07) is 15.4. The van der Waals surface area contributed by atoms with Crippen LogP contribution < -0.4 is 9.47 Å². The fraction of sp³-hybridized carbons (Fsp3) is 0.158. The number of methoxy groups -OCH3 is 1. The van der Waals surface area contributed by atoms with E-state index in [1.54, 1.807) is 13.2 Å². The summed E-state index contributed by atoms with van der Waals surface area (Å²) in [6.45, 7) is 2.45. The van der Waals surface area contributed by atoms with Crippen molar-refractivity contribution in [1.29, 1.82) is 5.26 Å². The molecule has 0 saturated carbocycles. The van der Waals surface area contributed by atoms with E-state index in [9.17, 15) is 5.26 Å². The van der Waals surface area contributed by atoms with Crippen LogP contribution in [-0.4, -0.2) is 23.7 Å². The molecule has 24 heavy (non-hydrogen) atoms. The van der Waals surface area contributed by atoms with Crippen LogP contribution in [-0.2, 0) is 0 Å². The van der Waals surface area contributed by atoms with Gasteiger partial charge >= 0.3 is 0 Å². The Hall–Kier alpha value is -3.26. The van der Waals surface area contributed by atoms with Crippen LogP contribution in [0.4, 0.5) is 0 Å². The highest BCUT2D eigenvalue weighted by Gasteiger charge is 2.09. The van der Waals surface area contributed by atoms with Crippen LogP contribution in [0.3, 0.4) is 0 Å². The molecule has 0 aliphatic carbocycles. The summed E-state index contributed by atoms with van der Waals surface area (Å²) in [5, 5.41) is 9.51. The number of hydrogen-bond donors (Lipinski definition) is 1. The Labute approximate surface area is 140 Å². The Morgan fingerprint density at radius 2 is 2.08 bits per heavy atom. The number of nitriles is 1. The average Bonchev–Trinajstić information content (AvgIpc) is 3.04. The van der Waals surface area contributed by atoms with E-state index in [-0.39, 0.29) is 0 Å². The molecule has 1 aromatic heterocycles. The summed E-state index contributed by atoms with van der Waals surface area (Å²) in [4.78, 5) is 7.64. The molecule has 0 atom stereocenters. The van der Waals surface area contributed by atoms with Gasteiger partial charge in [-0.25, -0.2) is 4.98 Å². The normalized spacial score (nSPS) is 11.3. The van der Waals surface area contributed by atoms with Crippen molar-refractivity contribution < 1.29 is 9.47 Å². The summed E-state index contributed by atoms with van der Waals surface area (Å²) in [5.41, 5.74) is 3.03. The highest BCUT2D eigenvalue weighted by Crippen LogP contribution is 2.29. The number of imidazole rings is 1. The molecule has 0 unspecified atom stereocenters. The number of aromatic amines is 1. The van der Waals surface area contributed by atoms with Crippen molar-refractivity contribution in [3.05, 3.63) is 53.9 Å². The predicted molar refractivity (Wildman–Crippen MR) is 93.7 cm³/mol. The molecule has 1 N–H and O–H groups in total. The Bertz CT molecular complexity index is 902. The molecule has 2 aromatic carbocycles. The Balaban J connectivity index is 2.01. The Morgan fingerprint density at radius 3 is 2.79 bits per heavy atom. The van der Waals surface area contributed by atoms with Crippen LogP contribution in [0.25, 0.3) is 22.7 Å². The molecule has 5 nitrogen and oxygen atoms in total. The number of fused-ring (bicyclic) bond motifs is 1. The van der Waals surface area contributed by atoms with Gasteiger partial charge in [0.1, 0.15) is 11.9 Å². The molecule has 3 rings (SSSR count). The van der Waals surface area contributed by atoms with E-state index in [1.807, 2.05) is 49.4 Å². The van der Waals surface area contributed by atoms with Crippen molar-refractivity contribution >= 4 is 22.7 Å². The quantitative estimate of drug-likeness (QED) is 0.721. The first-order valence-electron chi connectivity index (χ1n) is 7.63. The standard InChI is InChI=1S/C19H17N3O2/c1-3-24-18-11-13(8-9-17(18)23-2)10-14(12-20)19-21-15-6-4-5-7-16(15)22-19/h4-11H,3H2,1-2H3,(H,21,22). The van der Waals surface area contributed by atoms with Crippen LogP contribution in [0.5, 0.6) is 11.5 Å². The minimum atomic E-state index is 0.457. The maximum atomic E-state index is 9.51. The molecule has 0 aliphatic rings. The third-order valence-electron chi connectivity index (χ3n) is 3.56. The monoisotopic (exact) mass is 319 g/mol. The topological polar surface area (TPSA) is 70.9 Å². The second-order valence-corrected chi connectivity index (χ2v) is 5.12. The van der Waals surface area contributed by atoms with E-state index in [2.05, 4.69) is 16.0 Å². The van der Waals surface area contributed by atoms with Crippen LogP contribution in [0, 0.1) is 11.3 Å². The molecule has 120 valence electrons. The zero-order valence-corrected chi connectivity index (χ0v) is 13.5. The van der Waals surface area contributed by atoms with E-state index in [0.717, 1.165) is 16.6 Å². The number of para-hydroxylation sites is 2. The van der Waals surface area contributed by atoms with Gasteiger partial charge in [-0.15, -0.1) is 0 Å². The molecule has 3 aromatic rings. The van der Waals surface area contributed by atoms with Crippen molar-refractivity contribution in [1.82, 2.24) is 9.97 Å². The van der Waals surface area contributed by atoms with Crippen LogP contribution in [0.15, 0.2) is 42.5 Å². The smallest absolute Gasteiger partial charge is 0.161 e. The van der Waals surface area contributed by atoms with Crippen molar-refractivity contribution in [2.24, 2.45) is 0 Å². The zero-order chi connectivity index (χ0) is 16.9. The molecule has 0 aliphatic heterocycles. The number of nitrogens with one attached hydrogen (secondary N) is 1. The maximum absolute atomic E-state index is 9.51. The van der Waals surface area contributed by atoms with Gasteiger partial charge in [0.15, 0.2) is 11.5 Å². The maximum Gasteiger partial charge on any atom is 0.161 e. The molecular weight excluding hydrogens is 302 g/mol. The van der Waals surface area contributed by atoms with E-state index >= 15 is 0 Å². The number of hydrogen-bond acceptors (Lipinski definition) is 4. The molecular formula is C19H17N3O2. The molecule has 0 fully saturated rings. The Kier molecular flexibility index (Phi) is 4.48. The lowest BCUT2D eigenvalue weighted by atomic mass is 10.1. The van der Waals surface area contributed by atoms with Gasteiger partial charge in [0, 0.05) is 0 Å². The molecule has 0 bridgehead atoms. The molecule has 1 heterocycles. The van der Waals surface area contributed by atoms with Crippen molar-refractivity contribution in [3.63, 3.8) is 0 Å². The third kappa shape index (κ3) is 3.08. The van der Waals surface area contributed by atoms with Gasteiger partial charge in [-0.05, 0) is 42.8 Å². The Morgan fingerprint density at radius 1 is 1.25 bits per heavy atom. The number of H-pyrrole nitrogens is 1. The molecule has 0 amide bonds. The van der Waals surface area contributed by atoms with Crippen molar-refractivity contribution in [2.75, 3.05) is 13.7 Å². The molecule has 0 saturated heterocycles. The predicted octanol–water partition coefficient (Wildman–Crippen LogP) is 4.03. The summed E-state index contributed by atoms with van der Waals surface area (Å²) in [6.07, 6.45) is 1.78. The molecule has 0 radical (unpaired) electrons. The summed E-state index contributed by atoms with van der Waals surface area (Å²) in [7, 11) is 1.60. The summed E-state index contributed by atoms with van der Waals surface area (Å²) >= 11 is 0. The lowest BCUT2D eigenvalue weighted by Gasteiger charge is -2.09. The highest BCUT2D eigenvalue weighted by molar-refractivity contribution is 5.90. The van der Waals surface area contributed by atoms with Gasteiger partial charge in [-0.1, -0.05) is 18.2 Å². The van der Waals surface area contributed by atoms with Crippen LogP contribution in [0.1, 0.15) is 18.3 Å². The zero-order valence-electron chi connectivity index (χ0n) is 13.5. The minimum Gasteiger partial charge on any atom is -0.493 e. The van der Waals surface area contributed by atoms with E-state index < -0.39 is 0 Å². The van der Waals surface area contributed by atoms with Crippen molar-refractivity contribution in [2.45, 2.75) is 6.92 Å². The van der Waals surface area contributed by atoms with E-state index in [0.29, 0.717) is 29.5 Å². The fourth-order valence-electron chi connectivity index (χ4n) is 2.45. The second kappa shape index (κ2) is 6.88. The second-order valence-electron chi connectivity index (χ2n) is 5.12. The van der Waals surface area contributed by atoms with Gasteiger partial charge in [-0.2, -0.15) is 5.26 Å². The van der Waals surface area contributed by atoms with Gasteiger partial charge in [0.05, 0.1) is 30.3 Å². The fourth-order valence-corrected chi connectivity index (χ4v) is 2.45. The minimum absolute atomic E-state index is 0.457. The van der Waals surface area contributed by atoms with Gasteiger partial charge in [0.2, 0.25) is 0 Å². The first kappa shape index (κ1) is 15.6. The van der Waals surface area contributed by atoms with E-state index in [4.69, 9.17) is 9.47 Å². The first-order chi connectivity index (χ1) is 11.7. The number of benzene rings is 2. The molecule has 0 spiro atoms. The summed E-state index contributed by atoms with van der Waals surface area (Å²) < 4.78 is 10.9. The average molecular weight is 319 g/mol. The largest absolute Gasteiger partial charge is 0.493 e. The van der Waals surface area contributed by atoms with Crippen LogP contribution >= 0.6 is 0 Å².